The van der Waals surface area contributed by atoms with Gasteiger partial charge in [-0.2, -0.15) is 0 Å². The first kappa shape index (κ1) is 14.0. The number of nitrogens with one attached hydrogen (secondary N) is 1. The van der Waals surface area contributed by atoms with Gasteiger partial charge in [0.2, 0.25) is 0 Å². The van der Waals surface area contributed by atoms with Gasteiger partial charge in [-0.1, -0.05) is 24.3 Å². The van der Waals surface area contributed by atoms with Crippen LogP contribution in [-0.2, 0) is 16.0 Å². The number of rotatable bonds is 2. The summed E-state index contributed by atoms with van der Waals surface area (Å²) in [7, 11) is 0. The van der Waals surface area contributed by atoms with E-state index in [9.17, 15) is 4.79 Å². The van der Waals surface area contributed by atoms with Crippen LogP contribution in [0.5, 0.6) is 0 Å². The van der Waals surface area contributed by atoms with Crippen molar-refractivity contribution in [3.8, 4) is 0 Å². The van der Waals surface area contributed by atoms with Crippen LogP contribution in [0.2, 0.25) is 0 Å². The summed E-state index contributed by atoms with van der Waals surface area (Å²) in [5.74, 6) is -0.208. The van der Waals surface area contributed by atoms with Gasteiger partial charge in [-0.15, -0.1) is 0 Å². The van der Waals surface area contributed by atoms with Crippen LogP contribution in [0.4, 0.5) is 0 Å². The average molecular weight is 262 g/mol. The van der Waals surface area contributed by atoms with Gasteiger partial charge >= 0.3 is 5.97 Å². The summed E-state index contributed by atoms with van der Waals surface area (Å²) < 4.78 is 5.44. The Hall–Kier alpha value is -1.39. The number of esters is 1. The molecule has 0 radical (unpaired) electrons. The molecule has 0 aromatic heterocycles. The van der Waals surface area contributed by atoms with Crippen LogP contribution in [-0.4, -0.2) is 24.2 Å². The molecule has 0 saturated heterocycles. The summed E-state index contributed by atoms with van der Waals surface area (Å²) in [6.45, 7) is 6.10. The second-order valence-corrected chi connectivity index (χ2v) is 5.94. The van der Waals surface area contributed by atoms with Gasteiger partial charge in [-0.25, -0.2) is 0 Å². The predicted octanol–water partition coefficient (Wildman–Crippen LogP) is 1.54. The number of fused-ring (bicyclic) bond motifs is 1. The molecule has 0 spiro atoms. The van der Waals surface area contributed by atoms with Crippen LogP contribution < -0.4 is 11.1 Å². The van der Waals surface area contributed by atoms with Gasteiger partial charge in [0.15, 0.2) is 0 Å². The average Bonchev–Trinajstić information content (AvgIpc) is 2.35. The lowest BCUT2D eigenvalue weighted by molar-refractivity contribution is -0.157. The van der Waals surface area contributed by atoms with Crippen LogP contribution in [0.1, 0.15) is 37.9 Å². The van der Waals surface area contributed by atoms with Crippen molar-refractivity contribution in [3.63, 3.8) is 0 Å². The first-order valence-electron chi connectivity index (χ1n) is 6.67. The number of nitrogens with two attached hydrogens (primary N) is 1. The second kappa shape index (κ2) is 5.31. The number of carbonyl (C=O) groups is 1. The zero-order valence-corrected chi connectivity index (χ0v) is 11.8. The molecular weight excluding hydrogens is 240 g/mol. The topological polar surface area (TPSA) is 64.3 Å². The molecule has 1 aromatic carbocycles. The Morgan fingerprint density at radius 1 is 1.42 bits per heavy atom. The Labute approximate surface area is 114 Å². The van der Waals surface area contributed by atoms with Crippen molar-refractivity contribution in [1.82, 2.24) is 5.32 Å². The third-order valence-corrected chi connectivity index (χ3v) is 3.18. The fourth-order valence-electron chi connectivity index (χ4n) is 2.39. The number of benzene rings is 1. The molecule has 3 N–H and O–H groups in total. The number of hydrogen-bond donors (Lipinski definition) is 2. The quantitative estimate of drug-likeness (QED) is 0.794. The minimum atomic E-state index is -0.464. The number of carbonyl (C=O) groups excluding carboxylic acids is 1. The SMILES string of the molecule is CC(C)(C)OC(=O)[C@@H]1Cc2ccccc2[C@@H](CN)N1. The summed E-state index contributed by atoms with van der Waals surface area (Å²) >= 11 is 0. The van der Waals surface area contributed by atoms with E-state index in [0.717, 1.165) is 0 Å². The van der Waals surface area contributed by atoms with Crippen molar-refractivity contribution >= 4 is 5.97 Å². The third kappa shape index (κ3) is 3.33. The van der Waals surface area contributed by atoms with Crippen molar-refractivity contribution in [1.29, 1.82) is 0 Å². The third-order valence-electron chi connectivity index (χ3n) is 3.18. The summed E-state index contributed by atoms with van der Waals surface area (Å²) in [5.41, 5.74) is 7.69. The van der Waals surface area contributed by atoms with Gasteiger partial charge in [0.25, 0.3) is 0 Å². The van der Waals surface area contributed by atoms with Crippen molar-refractivity contribution in [2.45, 2.75) is 44.9 Å². The van der Waals surface area contributed by atoms with Gasteiger partial charge < -0.3 is 10.5 Å². The van der Waals surface area contributed by atoms with E-state index in [2.05, 4.69) is 17.4 Å². The van der Waals surface area contributed by atoms with E-state index in [1.54, 1.807) is 0 Å². The highest BCUT2D eigenvalue weighted by Crippen LogP contribution is 2.25. The molecule has 0 unspecified atom stereocenters. The molecular formula is C15H22N2O2. The fourth-order valence-corrected chi connectivity index (χ4v) is 2.39. The Balaban J connectivity index is 2.17. The molecule has 1 aromatic rings. The van der Waals surface area contributed by atoms with E-state index >= 15 is 0 Å². The standard InChI is InChI=1S/C15H22N2O2/c1-15(2,3)19-14(18)12-8-10-6-4-5-7-11(10)13(9-16)17-12/h4-7,12-13,17H,8-9,16H2,1-3H3/t12-,13+/m0/s1. The maximum Gasteiger partial charge on any atom is 0.324 e. The molecule has 19 heavy (non-hydrogen) atoms. The molecule has 4 heteroatoms. The first-order valence-corrected chi connectivity index (χ1v) is 6.67. The molecule has 104 valence electrons. The van der Waals surface area contributed by atoms with Gasteiger partial charge in [-0.3, -0.25) is 10.1 Å². The molecule has 2 rings (SSSR count). The molecule has 0 bridgehead atoms. The zero-order valence-electron chi connectivity index (χ0n) is 11.8. The normalized spacial score (nSPS) is 22.7. The largest absolute Gasteiger partial charge is 0.459 e. The Bertz CT molecular complexity index is 465. The summed E-state index contributed by atoms with van der Waals surface area (Å²) in [5, 5.41) is 3.28. The highest BCUT2D eigenvalue weighted by molar-refractivity contribution is 5.77. The van der Waals surface area contributed by atoms with E-state index in [1.165, 1.54) is 11.1 Å². The molecule has 4 nitrogen and oxygen atoms in total. The van der Waals surface area contributed by atoms with Gasteiger partial charge in [0.05, 0.1) is 0 Å². The van der Waals surface area contributed by atoms with Crippen molar-refractivity contribution < 1.29 is 9.53 Å². The predicted molar refractivity (Wildman–Crippen MR) is 74.7 cm³/mol. The lowest BCUT2D eigenvalue weighted by Gasteiger charge is -2.33. The Kier molecular flexibility index (Phi) is 3.92. The molecule has 1 heterocycles. The van der Waals surface area contributed by atoms with Crippen molar-refractivity contribution in [2.24, 2.45) is 5.73 Å². The summed E-state index contributed by atoms with van der Waals surface area (Å²) in [6, 6.07) is 7.80. The van der Waals surface area contributed by atoms with E-state index in [-0.39, 0.29) is 18.1 Å². The highest BCUT2D eigenvalue weighted by Gasteiger charge is 2.32. The van der Waals surface area contributed by atoms with Crippen LogP contribution in [0.25, 0.3) is 0 Å². The first-order chi connectivity index (χ1) is 8.90. The molecule has 2 atom stereocenters. The second-order valence-electron chi connectivity index (χ2n) is 5.94. The molecule has 0 fully saturated rings. The lowest BCUT2D eigenvalue weighted by Crippen LogP contribution is -2.49. The smallest absolute Gasteiger partial charge is 0.324 e. The molecule has 0 amide bonds. The Morgan fingerprint density at radius 3 is 2.74 bits per heavy atom. The molecule has 0 saturated carbocycles. The maximum atomic E-state index is 12.2. The molecule has 1 aliphatic heterocycles. The van der Waals surface area contributed by atoms with Crippen molar-refractivity contribution in [2.75, 3.05) is 6.54 Å². The fraction of sp³-hybridized carbons (Fsp3) is 0.533. The van der Waals surface area contributed by atoms with Gasteiger partial charge in [0.1, 0.15) is 11.6 Å². The van der Waals surface area contributed by atoms with Crippen LogP contribution in [0, 0.1) is 0 Å². The number of ether oxygens (including phenoxy) is 1. The molecule has 1 aliphatic rings. The minimum absolute atomic E-state index is 0.0162. The minimum Gasteiger partial charge on any atom is -0.459 e. The zero-order chi connectivity index (χ0) is 14.0. The highest BCUT2D eigenvalue weighted by atomic mass is 16.6. The lowest BCUT2D eigenvalue weighted by atomic mass is 9.90. The van der Waals surface area contributed by atoms with Gasteiger partial charge in [-0.05, 0) is 38.3 Å². The van der Waals surface area contributed by atoms with E-state index in [0.29, 0.717) is 13.0 Å². The van der Waals surface area contributed by atoms with Crippen molar-refractivity contribution in [3.05, 3.63) is 35.4 Å². The van der Waals surface area contributed by atoms with Gasteiger partial charge in [0, 0.05) is 12.6 Å². The molecule has 0 aliphatic carbocycles. The number of hydrogen-bond acceptors (Lipinski definition) is 4. The monoisotopic (exact) mass is 262 g/mol. The van der Waals surface area contributed by atoms with Crippen LogP contribution >= 0.6 is 0 Å². The van der Waals surface area contributed by atoms with E-state index in [4.69, 9.17) is 10.5 Å². The van der Waals surface area contributed by atoms with E-state index in [1.807, 2.05) is 32.9 Å². The van der Waals surface area contributed by atoms with Crippen LogP contribution in [0.3, 0.4) is 0 Å². The summed E-state index contributed by atoms with van der Waals surface area (Å²) in [4.78, 5) is 12.2. The summed E-state index contributed by atoms with van der Waals surface area (Å²) in [6.07, 6.45) is 0.654. The van der Waals surface area contributed by atoms with Crippen LogP contribution in [0.15, 0.2) is 24.3 Å². The van der Waals surface area contributed by atoms with E-state index < -0.39 is 5.60 Å². The maximum absolute atomic E-state index is 12.2. The Morgan fingerprint density at radius 2 is 2.11 bits per heavy atom.